The summed E-state index contributed by atoms with van der Waals surface area (Å²) in [7, 11) is 2.12. The molecule has 1 aromatic heterocycles. The Morgan fingerprint density at radius 2 is 1.67 bits per heavy atom. The van der Waals surface area contributed by atoms with Crippen LogP contribution in [0.25, 0.3) is 10.9 Å². The fraction of sp³-hybridized carbons (Fsp3) is 0.125. The summed E-state index contributed by atoms with van der Waals surface area (Å²) in [5.41, 5.74) is 3.77. The number of rotatable bonds is 3. The normalized spacial score (nSPS) is 10.7. The van der Waals surface area contributed by atoms with Gasteiger partial charge in [-0.2, -0.15) is 0 Å². The number of aromatic amines is 1. The van der Waals surface area contributed by atoms with Crippen molar-refractivity contribution in [3.05, 3.63) is 66.4 Å². The summed E-state index contributed by atoms with van der Waals surface area (Å²) in [5.74, 6) is 0. The maximum Gasteiger partial charge on any atom is 0.0457 e. The van der Waals surface area contributed by atoms with Gasteiger partial charge in [0.15, 0.2) is 0 Å². The summed E-state index contributed by atoms with van der Waals surface area (Å²) < 4.78 is 0. The van der Waals surface area contributed by atoms with Gasteiger partial charge in [0.1, 0.15) is 0 Å². The zero-order chi connectivity index (χ0) is 12.4. The molecule has 3 rings (SSSR count). The number of nitrogens with one attached hydrogen (secondary N) is 1. The lowest BCUT2D eigenvalue weighted by Gasteiger charge is -2.18. The number of hydrogen-bond acceptors (Lipinski definition) is 1. The number of anilines is 1. The molecule has 90 valence electrons. The summed E-state index contributed by atoms with van der Waals surface area (Å²) >= 11 is 0. The average molecular weight is 236 g/mol. The Hall–Kier alpha value is -2.22. The summed E-state index contributed by atoms with van der Waals surface area (Å²) in [5, 5.41) is 1.31. The summed E-state index contributed by atoms with van der Waals surface area (Å²) in [6.45, 7) is 0.911. The molecule has 0 aliphatic rings. The van der Waals surface area contributed by atoms with Crippen LogP contribution in [-0.4, -0.2) is 12.0 Å². The van der Waals surface area contributed by atoms with E-state index in [0.29, 0.717) is 0 Å². The lowest BCUT2D eigenvalue weighted by Crippen LogP contribution is -2.15. The molecule has 3 aromatic rings. The SMILES string of the molecule is CN(Cc1c[nH]c2ccccc12)c1ccccc1. The first-order chi connectivity index (χ1) is 8.84. The predicted octanol–water partition coefficient (Wildman–Crippen LogP) is 3.80. The number of para-hydroxylation sites is 2. The third kappa shape index (κ3) is 1.97. The average Bonchev–Trinajstić information content (AvgIpc) is 2.83. The largest absolute Gasteiger partial charge is 0.370 e. The van der Waals surface area contributed by atoms with E-state index in [2.05, 4.69) is 71.7 Å². The Balaban J connectivity index is 1.89. The first-order valence-electron chi connectivity index (χ1n) is 6.16. The second-order valence-corrected chi connectivity index (χ2v) is 4.55. The van der Waals surface area contributed by atoms with Gasteiger partial charge in [-0.25, -0.2) is 0 Å². The molecule has 2 nitrogen and oxygen atoms in total. The quantitative estimate of drug-likeness (QED) is 0.732. The highest BCUT2D eigenvalue weighted by Crippen LogP contribution is 2.21. The van der Waals surface area contributed by atoms with Crippen LogP contribution in [0.2, 0.25) is 0 Å². The van der Waals surface area contributed by atoms with Crippen molar-refractivity contribution in [2.24, 2.45) is 0 Å². The van der Waals surface area contributed by atoms with Crippen molar-refractivity contribution in [1.82, 2.24) is 4.98 Å². The summed E-state index contributed by atoms with van der Waals surface area (Å²) in [6, 6.07) is 18.9. The first-order valence-corrected chi connectivity index (χ1v) is 6.16. The summed E-state index contributed by atoms with van der Waals surface area (Å²) in [6.07, 6.45) is 2.10. The van der Waals surface area contributed by atoms with Gasteiger partial charge < -0.3 is 9.88 Å². The van der Waals surface area contributed by atoms with E-state index in [9.17, 15) is 0 Å². The molecule has 2 heteroatoms. The van der Waals surface area contributed by atoms with E-state index < -0.39 is 0 Å². The Morgan fingerprint density at radius 1 is 0.944 bits per heavy atom. The minimum atomic E-state index is 0.911. The van der Waals surface area contributed by atoms with Crippen LogP contribution >= 0.6 is 0 Å². The first kappa shape index (κ1) is 10.9. The van der Waals surface area contributed by atoms with Crippen LogP contribution in [0.1, 0.15) is 5.56 Å². The molecule has 0 aliphatic carbocycles. The Morgan fingerprint density at radius 3 is 2.50 bits per heavy atom. The molecule has 1 N–H and O–H groups in total. The van der Waals surface area contributed by atoms with Gasteiger partial charge in [-0.15, -0.1) is 0 Å². The lowest BCUT2D eigenvalue weighted by atomic mass is 10.1. The number of benzene rings is 2. The second-order valence-electron chi connectivity index (χ2n) is 4.55. The van der Waals surface area contributed by atoms with Gasteiger partial charge in [0, 0.05) is 36.4 Å². The maximum atomic E-state index is 3.32. The molecule has 1 heterocycles. The van der Waals surface area contributed by atoms with E-state index in [4.69, 9.17) is 0 Å². The fourth-order valence-electron chi connectivity index (χ4n) is 2.29. The highest BCUT2D eigenvalue weighted by atomic mass is 15.1. The Kier molecular flexibility index (Phi) is 2.77. The monoisotopic (exact) mass is 236 g/mol. The molecule has 0 saturated heterocycles. The zero-order valence-corrected chi connectivity index (χ0v) is 10.4. The van der Waals surface area contributed by atoms with Crippen LogP contribution in [0.4, 0.5) is 5.69 Å². The molecular weight excluding hydrogens is 220 g/mol. The van der Waals surface area contributed by atoms with E-state index in [0.717, 1.165) is 6.54 Å². The molecule has 0 amide bonds. The predicted molar refractivity (Wildman–Crippen MR) is 76.8 cm³/mol. The molecule has 0 aliphatic heterocycles. The van der Waals surface area contributed by atoms with Crippen molar-refractivity contribution < 1.29 is 0 Å². The molecule has 0 bridgehead atoms. The standard InChI is InChI=1S/C16H16N2/c1-18(14-7-3-2-4-8-14)12-13-11-17-16-10-6-5-9-15(13)16/h2-11,17H,12H2,1H3. The number of hydrogen-bond donors (Lipinski definition) is 1. The van der Waals surface area contributed by atoms with Crippen LogP contribution in [0, 0.1) is 0 Å². The van der Waals surface area contributed by atoms with Gasteiger partial charge in [0.05, 0.1) is 0 Å². The van der Waals surface area contributed by atoms with E-state index in [1.165, 1.54) is 22.2 Å². The van der Waals surface area contributed by atoms with Crippen LogP contribution in [0.5, 0.6) is 0 Å². The van der Waals surface area contributed by atoms with Crippen LogP contribution in [0.3, 0.4) is 0 Å². The highest BCUT2D eigenvalue weighted by Gasteiger charge is 2.06. The number of H-pyrrole nitrogens is 1. The Bertz CT molecular complexity index is 640. The zero-order valence-electron chi connectivity index (χ0n) is 10.4. The van der Waals surface area contributed by atoms with E-state index >= 15 is 0 Å². The van der Waals surface area contributed by atoms with Crippen molar-refractivity contribution in [1.29, 1.82) is 0 Å². The van der Waals surface area contributed by atoms with Crippen molar-refractivity contribution in [2.45, 2.75) is 6.54 Å². The number of aromatic nitrogens is 1. The third-order valence-electron chi connectivity index (χ3n) is 3.28. The fourth-order valence-corrected chi connectivity index (χ4v) is 2.29. The van der Waals surface area contributed by atoms with Gasteiger partial charge >= 0.3 is 0 Å². The number of fused-ring (bicyclic) bond motifs is 1. The smallest absolute Gasteiger partial charge is 0.0457 e. The van der Waals surface area contributed by atoms with Crippen molar-refractivity contribution in [3.63, 3.8) is 0 Å². The van der Waals surface area contributed by atoms with Gasteiger partial charge in [0.2, 0.25) is 0 Å². The molecule has 0 fully saturated rings. The third-order valence-corrected chi connectivity index (χ3v) is 3.28. The van der Waals surface area contributed by atoms with Gasteiger partial charge in [-0.05, 0) is 23.8 Å². The van der Waals surface area contributed by atoms with Crippen LogP contribution in [-0.2, 0) is 6.54 Å². The molecule has 2 aromatic carbocycles. The van der Waals surface area contributed by atoms with Crippen molar-refractivity contribution >= 4 is 16.6 Å². The minimum absolute atomic E-state index is 0.911. The molecular formula is C16H16N2. The van der Waals surface area contributed by atoms with Crippen molar-refractivity contribution in [2.75, 3.05) is 11.9 Å². The van der Waals surface area contributed by atoms with E-state index in [-0.39, 0.29) is 0 Å². The minimum Gasteiger partial charge on any atom is -0.370 e. The second kappa shape index (κ2) is 4.57. The lowest BCUT2D eigenvalue weighted by molar-refractivity contribution is 0.930. The van der Waals surface area contributed by atoms with E-state index in [1.807, 2.05) is 6.07 Å². The molecule has 18 heavy (non-hydrogen) atoms. The van der Waals surface area contributed by atoms with Crippen LogP contribution < -0.4 is 4.90 Å². The van der Waals surface area contributed by atoms with Gasteiger partial charge in [-0.3, -0.25) is 0 Å². The number of nitrogens with zero attached hydrogens (tertiary/aromatic N) is 1. The molecule has 0 radical (unpaired) electrons. The topological polar surface area (TPSA) is 19.0 Å². The molecule has 0 saturated carbocycles. The van der Waals surface area contributed by atoms with Crippen LogP contribution in [0.15, 0.2) is 60.8 Å². The molecule has 0 spiro atoms. The summed E-state index contributed by atoms with van der Waals surface area (Å²) in [4.78, 5) is 5.58. The van der Waals surface area contributed by atoms with E-state index in [1.54, 1.807) is 0 Å². The molecule has 0 atom stereocenters. The molecule has 0 unspecified atom stereocenters. The Labute approximate surface area is 107 Å². The van der Waals surface area contributed by atoms with Crippen molar-refractivity contribution in [3.8, 4) is 0 Å². The van der Waals surface area contributed by atoms with Gasteiger partial charge in [0.25, 0.3) is 0 Å². The highest BCUT2D eigenvalue weighted by molar-refractivity contribution is 5.83. The maximum absolute atomic E-state index is 3.32. The van der Waals surface area contributed by atoms with Gasteiger partial charge in [-0.1, -0.05) is 36.4 Å².